The van der Waals surface area contributed by atoms with Crippen molar-refractivity contribution in [1.82, 2.24) is 0 Å². The number of ketones is 2. The second kappa shape index (κ2) is 3.05. The van der Waals surface area contributed by atoms with Crippen LogP contribution in [-0.4, -0.2) is 16.7 Å². The second-order valence-electron chi connectivity index (χ2n) is 2.95. The quantitative estimate of drug-likeness (QED) is 0.610. The highest BCUT2D eigenvalue weighted by Crippen LogP contribution is 2.23. The molecule has 0 heterocycles. The number of Topliss-reactive ketones (excluding diaryl/α,β-unsaturated/α-hetero) is 1. The van der Waals surface area contributed by atoms with Gasteiger partial charge in [0.1, 0.15) is 5.76 Å². The summed E-state index contributed by atoms with van der Waals surface area (Å²) >= 11 is 0. The average molecular weight is 181 g/mol. The minimum atomic E-state index is -0.781. The lowest BCUT2D eigenvalue weighted by atomic mass is 9.91. The van der Waals surface area contributed by atoms with E-state index < -0.39 is 29.0 Å². The van der Waals surface area contributed by atoms with Crippen molar-refractivity contribution in [1.29, 1.82) is 0 Å². The predicted molar refractivity (Wildman–Crippen MR) is 42.6 cm³/mol. The summed E-state index contributed by atoms with van der Waals surface area (Å²) in [6, 6.07) is 0. The van der Waals surface area contributed by atoms with E-state index in [9.17, 15) is 19.8 Å². The Bertz CT molecular complexity index is 336. The van der Waals surface area contributed by atoms with Crippen molar-refractivity contribution in [3.05, 3.63) is 23.2 Å². The number of carbonyl (C=O) groups is 2. The van der Waals surface area contributed by atoms with Crippen molar-refractivity contribution in [3.8, 4) is 0 Å². The van der Waals surface area contributed by atoms with Gasteiger partial charge in [-0.2, -0.15) is 0 Å². The molecule has 1 aliphatic carbocycles. The van der Waals surface area contributed by atoms with Crippen molar-refractivity contribution in [2.24, 2.45) is 5.92 Å². The molecular weight excluding hydrogens is 172 g/mol. The molecule has 0 bridgehead atoms. The summed E-state index contributed by atoms with van der Waals surface area (Å²) < 4.78 is 0. The molecule has 0 saturated heterocycles. The first-order valence-corrected chi connectivity index (χ1v) is 3.82. The Morgan fingerprint density at radius 3 is 2.62 bits per heavy atom. The second-order valence-corrected chi connectivity index (χ2v) is 2.95. The highest BCUT2D eigenvalue weighted by atomic mass is 16.3. The predicted octanol–water partition coefficient (Wildman–Crippen LogP) is -0.149. The van der Waals surface area contributed by atoms with Crippen LogP contribution in [0.25, 0.3) is 0 Å². The molecule has 0 amide bonds. The van der Waals surface area contributed by atoms with Gasteiger partial charge < -0.3 is 10.2 Å². The number of hydrogen-bond acceptors (Lipinski definition) is 4. The fourth-order valence-electron chi connectivity index (χ4n) is 1.16. The summed E-state index contributed by atoms with van der Waals surface area (Å²) in [4.78, 5) is 21.9. The molecule has 0 aromatic carbocycles. The zero-order chi connectivity index (χ0) is 10.2. The summed E-state index contributed by atoms with van der Waals surface area (Å²) in [7, 11) is 0. The molecular formula is C9H9O4-. The Balaban J connectivity index is 3.25. The van der Waals surface area contributed by atoms with Crippen LogP contribution in [0, 0.1) is 5.92 Å². The summed E-state index contributed by atoms with van der Waals surface area (Å²) in [5.74, 6) is -2.87. The van der Waals surface area contributed by atoms with Gasteiger partial charge in [0.05, 0.1) is 5.92 Å². The normalized spacial score (nSPS) is 23.1. The van der Waals surface area contributed by atoms with Crippen molar-refractivity contribution in [2.45, 2.75) is 13.8 Å². The lowest BCUT2D eigenvalue weighted by Gasteiger charge is -2.23. The van der Waals surface area contributed by atoms with Gasteiger partial charge in [0.15, 0.2) is 11.6 Å². The van der Waals surface area contributed by atoms with Gasteiger partial charge in [0, 0.05) is 5.57 Å². The van der Waals surface area contributed by atoms with Crippen molar-refractivity contribution >= 4 is 11.6 Å². The lowest BCUT2D eigenvalue weighted by Crippen LogP contribution is -2.26. The highest BCUT2D eigenvalue weighted by molar-refractivity contribution is 6.04. The third-order valence-electron chi connectivity index (χ3n) is 1.96. The van der Waals surface area contributed by atoms with Gasteiger partial charge in [-0.05, 0) is 19.9 Å². The van der Waals surface area contributed by atoms with E-state index in [1.165, 1.54) is 13.8 Å². The molecule has 4 heteroatoms. The van der Waals surface area contributed by atoms with Gasteiger partial charge in [0.25, 0.3) is 0 Å². The Morgan fingerprint density at radius 1 is 1.62 bits per heavy atom. The summed E-state index contributed by atoms with van der Waals surface area (Å²) in [5.41, 5.74) is -0.271. The number of carbonyl (C=O) groups excluding carboxylic acids is 2. The number of allylic oxidation sites excluding steroid dienone is 3. The minimum Gasteiger partial charge on any atom is -0.872 e. The maximum Gasteiger partial charge on any atom is 0.165 e. The lowest BCUT2D eigenvalue weighted by molar-refractivity contribution is -0.297. The molecule has 1 unspecified atom stereocenters. The molecule has 70 valence electrons. The van der Waals surface area contributed by atoms with E-state index in [2.05, 4.69) is 0 Å². The molecule has 0 radical (unpaired) electrons. The Labute approximate surface area is 75.2 Å². The zero-order valence-electron chi connectivity index (χ0n) is 7.33. The fraction of sp³-hybridized carbons (Fsp3) is 0.333. The smallest absolute Gasteiger partial charge is 0.165 e. The van der Waals surface area contributed by atoms with Gasteiger partial charge in [0.2, 0.25) is 0 Å². The SMILES string of the molecule is CC(=O)C1=C(O)C(C)C(=O)C=C1[O-]. The fourth-order valence-corrected chi connectivity index (χ4v) is 1.16. The van der Waals surface area contributed by atoms with E-state index in [0.29, 0.717) is 0 Å². The molecule has 13 heavy (non-hydrogen) atoms. The van der Waals surface area contributed by atoms with E-state index in [0.717, 1.165) is 6.08 Å². The molecule has 1 aliphatic rings. The molecule has 0 spiro atoms. The van der Waals surface area contributed by atoms with Crippen LogP contribution < -0.4 is 5.11 Å². The van der Waals surface area contributed by atoms with E-state index >= 15 is 0 Å². The largest absolute Gasteiger partial charge is 0.872 e. The molecule has 4 nitrogen and oxygen atoms in total. The molecule has 1 N–H and O–H groups in total. The van der Waals surface area contributed by atoms with Gasteiger partial charge in [-0.15, -0.1) is 0 Å². The molecule has 0 saturated carbocycles. The van der Waals surface area contributed by atoms with Gasteiger partial charge in [-0.3, -0.25) is 9.59 Å². The first kappa shape index (κ1) is 9.51. The van der Waals surface area contributed by atoms with Crippen LogP contribution in [0.5, 0.6) is 0 Å². The minimum absolute atomic E-state index is 0.271. The van der Waals surface area contributed by atoms with E-state index in [-0.39, 0.29) is 5.57 Å². The van der Waals surface area contributed by atoms with Crippen LogP contribution in [0.1, 0.15) is 13.8 Å². The van der Waals surface area contributed by atoms with Crippen LogP contribution in [0.3, 0.4) is 0 Å². The summed E-state index contributed by atoms with van der Waals surface area (Å²) in [5, 5.41) is 20.4. The van der Waals surface area contributed by atoms with Crippen LogP contribution >= 0.6 is 0 Å². The Kier molecular flexibility index (Phi) is 2.23. The Morgan fingerprint density at radius 2 is 2.15 bits per heavy atom. The first-order valence-electron chi connectivity index (χ1n) is 3.82. The first-order chi connectivity index (χ1) is 5.95. The van der Waals surface area contributed by atoms with Crippen LogP contribution in [0.2, 0.25) is 0 Å². The van der Waals surface area contributed by atoms with E-state index in [1.807, 2.05) is 0 Å². The number of rotatable bonds is 1. The van der Waals surface area contributed by atoms with Crippen LogP contribution in [-0.2, 0) is 9.59 Å². The van der Waals surface area contributed by atoms with Crippen molar-refractivity contribution in [3.63, 3.8) is 0 Å². The third-order valence-corrected chi connectivity index (χ3v) is 1.96. The molecule has 0 fully saturated rings. The zero-order valence-corrected chi connectivity index (χ0v) is 7.33. The highest BCUT2D eigenvalue weighted by Gasteiger charge is 2.25. The number of aliphatic hydroxyl groups is 1. The van der Waals surface area contributed by atoms with Gasteiger partial charge in [-0.25, -0.2) is 0 Å². The number of hydrogen-bond donors (Lipinski definition) is 1. The van der Waals surface area contributed by atoms with Gasteiger partial charge >= 0.3 is 0 Å². The molecule has 0 aliphatic heterocycles. The van der Waals surface area contributed by atoms with E-state index in [4.69, 9.17) is 0 Å². The van der Waals surface area contributed by atoms with Crippen molar-refractivity contribution < 1.29 is 19.8 Å². The third kappa shape index (κ3) is 1.47. The van der Waals surface area contributed by atoms with Crippen LogP contribution in [0.15, 0.2) is 23.2 Å². The van der Waals surface area contributed by atoms with E-state index in [1.54, 1.807) is 0 Å². The molecule has 0 aromatic heterocycles. The molecule has 1 atom stereocenters. The average Bonchev–Trinajstić information content (AvgIpc) is 1.99. The topological polar surface area (TPSA) is 77.4 Å². The standard InChI is InChI=1S/C9H10O4/c1-4-6(11)3-7(12)8(5(2)10)9(4)13/h3-4,12-13H,1-2H3/p-1. The van der Waals surface area contributed by atoms with Crippen LogP contribution in [0.4, 0.5) is 0 Å². The summed E-state index contributed by atoms with van der Waals surface area (Å²) in [6.45, 7) is 2.63. The summed E-state index contributed by atoms with van der Waals surface area (Å²) in [6.07, 6.45) is 0.848. The van der Waals surface area contributed by atoms with Crippen molar-refractivity contribution in [2.75, 3.05) is 0 Å². The monoisotopic (exact) mass is 181 g/mol. The molecule has 1 rings (SSSR count). The number of aliphatic hydroxyl groups excluding tert-OH is 1. The molecule has 0 aromatic rings. The van der Waals surface area contributed by atoms with Gasteiger partial charge in [-0.1, -0.05) is 5.76 Å². The maximum atomic E-state index is 11.1. The Hall–Kier alpha value is -1.58. The maximum absolute atomic E-state index is 11.1.